The van der Waals surface area contributed by atoms with Crippen LogP contribution in [-0.4, -0.2) is 23.7 Å². The molecule has 35 heavy (non-hydrogen) atoms. The minimum Gasteiger partial charge on any atom is -0.484 e. The van der Waals surface area contributed by atoms with E-state index in [0.717, 1.165) is 12.1 Å². The number of carbonyl (C=O) groups excluding carboxylic acids is 2. The Labute approximate surface area is 210 Å². The molecule has 2 N–H and O–H groups in total. The number of anilines is 2. The lowest BCUT2D eigenvalue weighted by atomic mass is 10.1. The number of benzene rings is 3. The molecule has 0 aliphatic heterocycles. The highest BCUT2D eigenvalue weighted by molar-refractivity contribution is 8.00. The van der Waals surface area contributed by atoms with Gasteiger partial charge in [-0.25, -0.2) is 0 Å². The SMILES string of the molecule is CCC(Sc1cccc(NC(=O)COc2ccccc2)c1)C(=O)Nc1ccc(Cl)cc1C(F)(F)F. The van der Waals surface area contributed by atoms with Gasteiger partial charge in [-0.05, 0) is 55.0 Å². The van der Waals surface area contributed by atoms with E-state index < -0.39 is 22.9 Å². The molecule has 3 aromatic carbocycles. The number of hydrogen-bond donors (Lipinski definition) is 2. The van der Waals surface area contributed by atoms with Crippen LogP contribution in [0.3, 0.4) is 0 Å². The second-order valence-electron chi connectivity index (χ2n) is 7.37. The van der Waals surface area contributed by atoms with Gasteiger partial charge in [-0.1, -0.05) is 42.8 Å². The van der Waals surface area contributed by atoms with E-state index in [2.05, 4.69) is 10.6 Å². The summed E-state index contributed by atoms with van der Waals surface area (Å²) in [4.78, 5) is 25.7. The fourth-order valence-corrected chi connectivity index (χ4v) is 4.25. The monoisotopic (exact) mass is 522 g/mol. The van der Waals surface area contributed by atoms with Crippen LogP contribution in [0.5, 0.6) is 5.75 Å². The van der Waals surface area contributed by atoms with E-state index in [1.54, 1.807) is 55.5 Å². The molecule has 3 rings (SSSR count). The fraction of sp³-hybridized carbons (Fsp3) is 0.200. The molecule has 2 amide bonds. The van der Waals surface area contributed by atoms with Crippen molar-refractivity contribution in [1.29, 1.82) is 0 Å². The van der Waals surface area contributed by atoms with E-state index in [4.69, 9.17) is 16.3 Å². The average Bonchev–Trinajstić information content (AvgIpc) is 2.82. The van der Waals surface area contributed by atoms with Crippen LogP contribution in [-0.2, 0) is 15.8 Å². The summed E-state index contributed by atoms with van der Waals surface area (Å²) in [7, 11) is 0. The third-order valence-corrected chi connectivity index (χ3v) is 6.31. The van der Waals surface area contributed by atoms with E-state index in [1.165, 1.54) is 17.8 Å². The molecule has 3 aromatic rings. The van der Waals surface area contributed by atoms with Crippen LogP contribution in [0, 0.1) is 0 Å². The molecule has 0 bridgehead atoms. The normalized spacial score (nSPS) is 12.0. The van der Waals surface area contributed by atoms with Gasteiger partial charge in [-0.3, -0.25) is 9.59 Å². The van der Waals surface area contributed by atoms with E-state index in [9.17, 15) is 22.8 Å². The third kappa shape index (κ3) is 7.93. The Morgan fingerprint density at radius 3 is 2.43 bits per heavy atom. The predicted octanol–water partition coefficient (Wildman–Crippen LogP) is 6.89. The molecule has 1 unspecified atom stereocenters. The molecule has 10 heteroatoms. The summed E-state index contributed by atoms with van der Waals surface area (Å²) in [6.07, 6.45) is -4.30. The van der Waals surface area contributed by atoms with Crippen LogP contribution >= 0.6 is 23.4 Å². The van der Waals surface area contributed by atoms with Gasteiger partial charge in [0, 0.05) is 15.6 Å². The van der Waals surface area contributed by atoms with Crippen molar-refractivity contribution in [3.63, 3.8) is 0 Å². The maximum atomic E-state index is 13.4. The second-order valence-corrected chi connectivity index (χ2v) is 9.08. The summed E-state index contributed by atoms with van der Waals surface area (Å²) in [6.45, 7) is 1.58. The quantitative estimate of drug-likeness (QED) is 0.300. The number of hydrogen-bond acceptors (Lipinski definition) is 4. The minimum atomic E-state index is -4.67. The molecule has 0 saturated carbocycles. The van der Waals surface area contributed by atoms with E-state index in [0.29, 0.717) is 22.8 Å². The van der Waals surface area contributed by atoms with Crippen LogP contribution in [0.15, 0.2) is 77.7 Å². The Bertz CT molecular complexity index is 1180. The number of ether oxygens (including phenoxy) is 1. The second kappa shape index (κ2) is 12.0. The first-order chi connectivity index (χ1) is 16.7. The minimum absolute atomic E-state index is 0.0789. The van der Waals surface area contributed by atoms with Crippen molar-refractivity contribution in [3.05, 3.63) is 83.4 Å². The molecule has 0 aromatic heterocycles. The van der Waals surface area contributed by atoms with Gasteiger partial charge in [-0.15, -0.1) is 11.8 Å². The van der Waals surface area contributed by atoms with E-state index in [-0.39, 0.29) is 23.2 Å². The Morgan fingerprint density at radius 2 is 1.74 bits per heavy atom. The number of halogens is 4. The zero-order valence-corrected chi connectivity index (χ0v) is 20.1. The molecule has 0 fully saturated rings. The highest BCUT2D eigenvalue weighted by atomic mass is 35.5. The molecule has 0 aliphatic rings. The lowest BCUT2D eigenvalue weighted by Crippen LogP contribution is -2.26. The van der Waals surface area contributed by atoms with Gasteiger partial charge in [-0.2, -0.15) is 13.2 Å². The molecule has 0 spiro atoms. The summed E-state index contributed by atoms with van der Waals surface area (Å²) < 4.78 is 45.5. The summed E-state index contributed by atoms with van der Waals surface area (Å²) in [5, 5.41) is 4.35. The number of nitrogens with one attached hydrogen (secondary N) is 2. The van der Waals surface area contributed by atoms with Crippen molar-refractivity contribution in [1.82, 2.24) is 0 Å². The van der Waals surface area contributed by atoms with Gasteiger partial charge >= 0.3 is 6.18 Å². The lowest BCUT2D eigenvalue weighted by Gasteiger charge is -2.18. The van der Waals surface area contributed by atoms with Crippen LogP contribution in [0.2, 0.25) is 5.02 Å². The molecule has 0 saturated heterocycles. The van der Waals surface area contributed by atoms with Crippen molar-refractivity contribution < 1.29 is 27.5 Å². The lowest BCUT2D eigenvalue weighted by molar-refractivity contribution is -0.137. The van der Waals surface area contributed by atoms with Crippen molar-refractivity contribution >= 4 is 46.6 Å². The van der Waals surface area contributed by atoms with E-state index >= 15 is 0 Å². The van der Waals surface area contributed by atoms with Crippen molar-refractivity contribution in [3.8, 4) is 5.75 Å². The van der Waals surface area contributed by atoms with Crippen LogP contribution in [0.25, 0.3) is 0 Å². The Kier molecular flexibility index (Phi) is 9.06. The maximum absolute atomic E-state index is 13.4. The Morgan fingerprint density at radius 1 is 1.00 bits per heavy atom. The number of thioether (sulfide) groups is 1. The summed E-state index contributed by atoms with van der Waals surface area (Å²) in [5.74, 6) is -0.364. The molecule has 0 radical (unpaired) electrons. The number of para-hydroxylation sites is 1. The van der Waals surface area contributed by atoms with Crippen molar-refractivity contribution in [2.75, 3.05) is 17.2 Å². The smallest absolute Gasteiger partial charge is 0.418 e. The molecular formula is C25H22ClF3N2O3S. The maximum Gasteiger partial charge on any atom is 0.418 e. The van der Waals surface area contributed by atoms with Gasteiger partial charge in [0.25, 0.3) is 5.91 Å². The van der Waals surface area contributed by atoms with Gasteiger partial charge in [0.15, 0.2) is 6.61 Å². The Hall–Kier alpha value is -3.17. The number of alkyl halides is 3. The molecule has 0 aliphatic carbocycles. The Balaban J connectivity index is 1.63. The standard InChI is InChI=1S/C25H22ClF3N2O3S/c1-2-22(24(33)31-21-12-11-16(26)13-20(21)25(27,28)29)35-19-10-6-7-17(14-19)30-23(32)15-34-18-8-4-3-5-9-18/h3-14,22H,2,15H2,1H3,(H,30,32)(H,31,33). The zero-order valence-electron chi connectivity index (χ0n) is 18.6. The molecule has 0 heterocycles. The molecule has 184 valence electrons. The highest BCUT2D eigenvalue weighted by Crippen LogP contribution is 2.37. The third-order valence-electron chi connectivity index (χ3n) is 4.72. The first-order valence-corrected chi connectivity index (χ1v) is 11.8. The first-order valence-electron chi connectivity index (χ1n) is 10.6. The number of amides is 2. The summed E-state index contributed by atoms with van der Waals surface area (Å²) in [5.41, 5.74) is -0.866. The van der Waals surface area contributed by atoms with Gasteiger partial charge in [0.1, 0.15) is 5.75 Å². The summed E-state index contributed by atoms with van der Waals surface area (Å²) >= 11 is 6.89. The zero-order chi connectivity index (χ0) is 25.4. The van der Waals surface area contributed by atoms with E-state index in [1.807, 2.05) is 6.07 Å². The van der Waals surface area contributed by atoms with Gasteiger partial charge in [0.05, 0.1) is 16.5 Å². The predicted molar refractivity (Wildman–Crippen MR) is 132 cm³/mol. The number of carbonyl (C=O) groups is 2. The number of rotatable bonds is 9. The molecule has 1 atom stereocenters. The van der Waals surface area contributed by atoms with Crippen LogP contribution in [0.4, 0.5) is 24.5 Å². The molecule has 5 nitrogen and oxygen atoms in total. The molecular weight excluding hydrogens is 501 g/mol. The van der Waals surface area contributed by atoms with Crippen LogP contribution < -0.4 is 15.4 Å². The largest absolute Gasteiger partial charge is 0.484 e. The highest BCUT2D eigenvalue weighted by Gasteiger charge is 2.34. The van der Waals surface area contributed by atoms with Crippen LogP contribution in [0.1, 0.15) is 18.9 Å². The van der Waals surface area contributed by atoms with Gasteiger partial charge < -0.3 is 15.4 Å². The van der Waals surface area contributed by atoms with Crippen molar-refractivity contribution in [2.45, 2.75) is 29.7 Å². The van der Waals surface area contributed by atoms with Crippen molar-refractivity contribution in [2.24, 2.45) is 0 Å². The van der Waals surface area contributed by atoms with Gasteiger partial charge in [0.2, 0.25) is 5.91 Å². The topological polar surface area (TPSA) is 67.4 Å². The summed E-state index contributed by atoms with van der Waals surface area (Å²) in [6, 6.07) is 18.9. The average molecular weight is 523 g/mol. The fourth-order valence-electron chi connectivity index (χ4n) is 3.07. The first kappa shape index (κ1) is 26.4.